The molecule has 7 nitrogen and oxygen atoms in total. The summed E-state index contributed by atoms with van der Waals surface area (Å²) in [5.74, 6) is 1.55. The van der Waals surface area contributed by atoms with Crippen molar-refractivity contribution in [2.75, 3.05) is 34.2 Å². The van der Waals surface area contributed by atoms with Gasteiger partial charge in [0.15, 0.2) is 5.96 Å². The van der Waals surface area contributed by atoms with Crippen LogP contribution < -0.4 is 16.0 Å². The van der Waals surface area contributed by atoms with Gasteiger partial charge in [-0.2, -0.15) is 0 Å². The van der Waals surface area contributed by atoms with Crippen LogP contribution in [-0.4, -0.2) is 68.4 Å². The van der Waals surface area contributed by atoms with Crippen LogP contribution in [0.15, 0.2) is 4.99 Å². The van der Waals surface area contributed by atoms with Crippen LogP contribution in [0.25, 0.3) is 0 Å². The van der Waals surface area contributed by atoms with E-state index >= 15 is 0 Å². The maximum atomic E-state index is 12.3. The number of alkyl carbamates (subject to hydrolysis) is 1. The van der Waals surface area contributed by atoms with Crippen molar-refractivity contribution >= 4 is 36.0 Å². The molecule has 0 spiro atoms. The number of carbonyl (C=O) groups is 1. The van der Waals surface area contributed by atoms with Crippen LogP contribution in [0.3, 0.4) is 0 Å². The first-order valence-electron chi connectivity index (χ1n) is 10.2. The summed E-state index contributed by atoms with van der Waals surface area (Å²) in [5, 5.41) is 9.88. The highest BCUT2D eigenvalue weighted by atomic mass is 127. The van der Waals surface area contributed by atoms with Gasteiger partial charge in [-0.05, 0) is 66.5 Å². The molecule has 3 N–H and O–H groups in total. The lowest BCUT2D eigenvalue weighted by molar-refractivity contribution is 0.0448. The van der Waals surface area contributed by atoms with Crippen LogP contribution in [0.4, 0.5) is 4.79 Å². The first-order chi connectivity index (χ1) is 12.6. The largest absolute Gasteiger partial charge is 0.444 e. The van der Waals surface area contributed by atoms with Gasteiger partial charge in [0.1, 0.15) is 5.60 Å². The number of rotatable bonds is 9. The van der Waals surface area contributed by atoms with Gasteiger partial charge < -0.3 is 25.6 Å². The molecule has 0 radical (unpaired) electrons. The smallest absolute Gasteiger partial charge is 0.408 e. The number of aliphatic imine (C=N–C) groups is 1. The number of hydrogen-bond acceptors (Lipinski definition) is 4. The molecule has 166 valence electrons. The summed E-state index contributed by atoms with van der Waals surface area (Å²) >= 11 is 0. The number of halogens is 1. The molecule has 1 rings (SSSR count). The van der Waals surface area contributed by atoms with Crippen LogP contribution in [0.2, 0.25) is 0 Å². The summed E-state index contributed by atoms with van der Waals surface area (Å²) in [4.78, 5) is 18.9. The number of nitrogens with one attached hydrogen (secondary N) is 3. The molecule has 0 aromatic heterocycles. The van der Waals surface area contributed by atoms with Crippen molar-refractivity contribution in [3.05, 3.63) is 0 Å². The Balaban J connectivity index is 0.00000729. The van der Waals surface area contributed by atoms with Gasteiger partial charge in [-0.3, -0.25) is 4.99 Å². The number of nitrogens with zero attached hydrogens (tertiary/aromatic N) is 2. The average molecular weight is 511 g/mol. The summed E-state index contributed by atoms with van der Waals surface area (Å²) in [6.45, 7) is 11.2. The summed E-state index contributed by atoms with van der Waals surface area (Å²) < 4.78 is 5.44. The fourth-order valence-electron chi connectivity index (χ4n) is 3.17. The molecule has 28 heavy (non-hydrogen) atoms. The second-order valence-electron chi connectivity index (χ2n) is 8.79. The molecule has 0 heterocycles. The normalized spacial score (nSPS) is 16.2. The summed E-state index contributed by atoms with van der Waals surface area (Å²) in [6.07, 6.45) is 3.85. The summed E-state index contributed by atoms with van der Waals surface area (Å²) in [5.41, 5.74) is -0.885. The zero-order valence-corrected chi connectivity index (χ0v) is 21.3. The number of hydrogen-bond donors (Lipinski definition) is 3. The molecule has 1 unspecified atom stereocenters. The van der Waals surface area contributed by atoms with Crippen molar-refractivity contribution < 1.29 is 9.53 Å². The van der Waals surface area contributed by atoms with Crippen LogP contribution in [-0.2, 0) is 4.74 Å². The van der Waals surface area contributed by atoms with Crippen LogP contribution in [0.1, 0.15) is 60.3 Å². The second-order valence-corrected chi connectivity index (χ2v) is 8.79. The van der Waals surface area contributed by atoms with Crippen molar-refractivity contribution in [2.24, 2.45) is 10.9 Å². The molecule has 0 bridgehead atoms. The molecule has 1 atom stereocenters. The number of carbonyl (C=O) groups excluding carboxylic acids is 1. The van der Waals surface area contributed by atoms with Crippen molar-refractivity contribution in [2.45, 2.75) is 77.5 Å². The van der Waals surface area contributed by atoms with E-state index in [0.717, 1.165) is 31.3 Å². The van der Waals surface area contributed by atoms with E-state index in [1.54, 1.807) is 7.05 Å². The lowest BCUT2D eigenvalue weighted by Gasteiger charge is -2.34. The molecule has 1 aliphatic carbocycles. The Morgan fingerprint density at radius 2 is 1.75 bits per heavy atom. The van der Waals surface area contributed by atoms with Crippen LogP contribution in [0, 0.1) is 5.92 Å². The minimum Gasteiger partial charge on any atom is -0.444 e. The van der Waals surface area contributed by atoms with Gasteiger partial charge in [-0.15, -0.1) is 24.0 Å². The van der Waals surface area contributed by atoms with Crippen molar-refractivity contribution in [3.63, 3.8) is 0 Å². The Bertz CT molecular complexity index is 495. The predicted molar refractivity (Wildman–Crippen MR) is 128 cm³/mol. The summed E-state index contributed by atoms with van der Waals surface area (Å²) in [7, 11) is 6.04. The topological polar surface area (TPSA) is 78.0 Å². The van der Waals surface area contributed by atoms with Gasteiger partial charge in [-0.1, -0.05) is 13.8 Å². The first kappa shape index (κ1) is 27.2. The zero-order valence-electron chi connectivity index (χ0n) is 19.0. The van der Waals surface area contributed by atoms with E-state index in [1.165, 1.54) is 12.8 Å². The minimum atomic E-state index is -0.508. The van der Waals surface area contributed by atoms with Gasteiger partial charge in [0.05, 0.1) is 5.54 Å². The summed E-state index contributed by atoms with van der Waals surface area (Å²) in [6, 6.07) is 0.519. The maximum absolute atomic E-state index is 12.3. The highest BCUT2D eigenvalue weighted by Crippen LogP contribution is 2.34. The van der Waals surface area contributed by atoms with E-state index in [9.17, 15) is 4.79 Å². The number of amides is 1. The molecule has 8 heteroatoms. The number of likely N-dealkylation sites (N-methyl/N-ethyl adjacent to an activating group) is 1. The number of guanidine groups is 1. The molecule has 1 fully saturated rings. The molecule has 1 amide bonds. The minimum absolute atomic E-state index is 0. The molecule has 0 saturated heterocycles. The Morgan fingerprint density at radius 3 is 2.14 bits per heavy atom. The highest BCUT2D eigenvalue weighted by Gasteiger charge is 2.33. The van der Waals surface area contributed by atoms with Crippen LogP contribution >= 0.6 is 24.0 Å². The molecular weight excluding hydrogens is 469 g/mol. The average Bonchev–Trinajstić information content (AvgIpc) is 3.39. The van der Waals surface area contributed by atoms with Gasteiger partial charge >= 0.3 is 6.09 Å². The Kier molecular flexibility index (Phi) is 11.7. The monoisotopic (exact) mass is 511 g/mol. The molecule has 0 aliphatic heterocycles. The molecule has 0 aromatic rings. The van der Waals surface area contributed by atoms with Crippen molar-refractivity contribution in [1.82, 2.24) is 20.9 Å². The third-order valence-electron chi connectivity index (χ3n) is 5.25. The lowest BCUT2D eigenvalue weighted by atomic mass is 9.93. The number of ether oxygens (including phenoxy) is 1. The van der Waals surface area contributed by atoms with Gasteiger partial charge in [0.2, 0.25) is 0 Å². The maximum Gasteiger partial charge on any atom is 0.408 e. The fraction of sp³-hybridized carbons (Fsp3) is 0.900. The standard InChI is InChI=1S/C20H41N5O2.HI/c1-9-20(10-2,24-18(26)27-19(3,4)5)14-23-17(21-6)22-13-16(25(7)8)15-11-12-15;/h15-16H,9-14H2,1-8H3,(H,24,26)(H2,21,22,23);1H. The predicted octanol–water partition coefficient (Wildman–Crippen LogP) is 3.19. The van der Waals surface area contributed by atoms with Gasteiger partial charge in [-0.25, -0.2) is 4.79 Å². The Morgan fingerprint density at radius 1 is 1.18 bits per heavy atom. The second kappa shape index (κ2) is 12.0. The third-order valence-corrected chi connectivity index (χ3v) is 5.25. The van der Waals surface area contributed by atoms with Crippen LogP contribution in [0.5, 0.6) is 0 Å². The Hall–Kier alpha value is -0.770. The lowest BCUT2D eigenvalue weighted by Crippen LogP contribution is -2.57. The van der Waals surface area contributed by atoms with Crippen molar-refractivity contribution in [1.29, 1.82) is 0 Å². The molecule has 1 aliphatic rings. The van der Waals surface area contributed by atoms with Gasteiger partial charge in [0.25, 0.3) is 0 Å². The quantitative estimate of drug-likeness (QED) is 0.252. The van der Waals surface area contributed by atoms with E-state index in [0.29, 0.717) is 12.6 Å². The van der Waals surface area contributed by atoms with E-state index in [1.807, 2.05) is 20.8 Å². The van der Waals surface area contributed by atoms with E-state index < -0.39 is 5.60 Å². The highest BCUT2D eigenvalue weighted by molar-refractivity contribution is 14.0. The van der Waals surface area contributed by atoms with E-state index in [4.69, 9.17) is 4.74 Å². The van der Waals surface area contributed by atoms with Crippen molar-refractivity contribution in [3.8, 4) is 0 Å². The zero-order chi connectivity index (χ0) is 20.7. The third kappa shape index (κ3) is 9.62. The fourth-order valence-corrected chi connectivity index (χ4v) is 3.17. The SMILES string of the molecule is CCC(CC)(CNC(=NC)NCC(C1CC1)N(C)C)NC(=O)OC(C)(C)C.I. The first-order valence-corrected chi connectivity index (χ1v) is 10.2. The van der Waals surface area contributed by atoms with Gasteiger partial charge in [0, 0.05) is 26.2 Å². The molecule has 0 aromatic carbocycles. The van der Waals surface area contributed by atoms with E-state index in [-0.39, 0.29) is 35.6 Å². The molecular formula is C20H42IN5O2. The Labute approximate surface area is 188 Å². The molecule has 1 saturated carbocycles. The van der Waals surface area contributed by atoms with E-state index in [2.05, 4.69) is 53.8 Å².